The third-order valence-electron chi connectivity index (χ3n) is 2.67. The van der Waals surface area contributed by atoms with Crippen molar-refractivity contribution in [3.63, 3.8) is 0 Å². The molecule has 0 saturated carbocycles. The highest BCUT2D eigenvalue weighted by Crippen LogP contribution is 2.37. The molecule has 1 N–H and O–H groups in total. The molecule has 2 aromatic rings. The molecule has 21 heavy (non-hydrogen) atoms. The number of rotatable bonds is 4. The fourth-order valence-electron chi connectivity index (χ4n) is 1.72. The first-order valence-corrected chi connectivity index (χ1v) is 6.46. The predicted molar refractivity (Wildman–Crippen MR) is 77.0 cm³/mol. The van der Waals surface area contributed by atoms with Crippen molar-refractivity contribution >= 4 is 33.0 Å². The first kappa shape index (κ1) is 15.2. The Balaban J connectivity index is 2.54. The van der Waals surface area contributed by atoms with Gasteiger partial charge in [0.1, 0.15) is 0 Å². The number of methoxy groups -OCH3 is 1. The number of halogens is 3. The number of hydrogen-bond donors (Lipinski definition) is 1. The lowest BCUT2D eigenvalue weighted by Gasteiger charge is -2.11. The van der Waals surface area contributed by atoms with Crippen molar-refractivity contribution < 1.29 is 18.4 Å². The lowest BCUT2D eigenvalue weighted by Crippen LogP contribution is -2.04. The Morgan fingerprint density at radius 3 is 2.43 bits per heavy atom. The lowest BCUT2D eigenvalue weighted by atomic mass is 10.2. The van der Waals surface area contributed by atoms with Crippen molar-refractivity contribution in [3.8, 4) is 5.75 Å². The minimum absolute atomic E-state index is 0.411. The van der Waals surface area contributed by atoms with Gasteiger partial charge in [-0.15, -0.1) is 0 Å². The molecule has 0 aliphatic rings. The molecule has 0 radical (unpaired) electrons. The minimum atomic E-state index is -1.16. The average Bonchev–Trinajstić information content (AvgIpc) is 2.44. The molecule has 0 saturated heterocycles. The van der Waals surface area contributed by atoms with E-state index in [1.54, 1.807) is 24.3 Å². The Bertz CT molecular complexity index is 693. The summed E-state index contributed by atoms with van der Waals surface area (Å²) in [4.78, 5) is 10.1. The molecule has 0 fully saturated rings. The van der Waals surface area contributed by atoms with Crippen LogP contribution in [-0.4, -0.2) is 12.0 Å². The van der Waals surface area contributed by atoms with Gasteiger partial charge in [0.2, 0.25) is 0 Å². The maximum Gasteiger partial charge on any atom is 0.298 e. The quantitative estimate of drug-likeness (QED) is 0.650. The number of hydrogen-bond acceptors (Lipinski definition) is 4. The molecule has 0 unspecified atom stereocenters. The summed E-state index contributed by atoms with van der Waals surface area (Å²) in [6, 6.07) is 7.13. The van der Waals surface area contributed by atoms with Crippen molar-refractivity contribution in [3.05, 3.63) is 56.6 Å². The van der Waals surface area contributed by atoms with Crippen LogP contribution in [0.15, 0.2) is 34.8 Å². The monoisotopic (exact) mass is 358 g/mol. The molecule has 5 nitrogen and oxygen atoms in total. The number of nitrogens with one attached hydrogen (secondary N) is 1. The second-order valence-corrected chi connectivity index (χ2v) is 4.90. The lowest BCUT2D eigenvalue weighted by molar-refractivity contribution is -0.384. The smallest absolute Gasteiger partial charge is 0.298 e. The fourth-order valence-corrected chi connectivity index (χ4v) is 1.98. The van der Waals surface area contributed by atoms with Gasteiger partial charge in [0.15, 0.2) is 23.1 Å². The highest BCUT2D eigenvalue weighted by atomic mass is 79.9. The summed E-state index contributed by atoms with van der Waals surface area (Å²) in [5.41, 5.74) is -0.761. The molecule has 0 spiro atoms. The molecule has 2 aromatic carbocycles. The van der Waals surface area contributed by atoms with Gasteiger partial charge in [0.05, 0.1) is 18.1 Å². The maximum atomic E-state index is 14.2. The van der Waals surface area contributed by atoms with E-state index in [0.29, 0.717) is 11.8 Å². The Hall–Kier alpha value is -2.22. The van der Waals surface area contributed by atoms with Crippen LogP contribution in [0, 0.1) is 21.7 Å². The van der Waals surface area contributed by atoms with Crippen molar-refractivity contribution in [2.75, 3.05) is 12.4 Å². The molecule has 0 amide bonds. The van der Waals surface area contributed by atoms with Crippen molar-refractivity contribution in [2.45, 2.75) is 0 Å². The van der Waals surface area contributed by atoms with Crippen LogP contribution >= 0.6 is 15.9 Å². The van der Waals surface area contributed by atoms with Gasteiger partial charge in [0.25, 0.3) is 5.69 Å². The number of nitrogens with zero attached hydrogens (tertiary/aromatic N) is 1. The molecule has 110 valence electrons. The number of anilines is 2. The highest BCUT2D eigenvalue weighted by Gasteiger charge is 2.26. The molecule has 0 aromatic heterocycles. The molecular formula is C13H9BrF2N2O3. The number of nitro benzene ring substituents is 1. The van der Waals surface area contributed by atoms with E-state index in [2.05, 4.69) is 26.0 Å². The molecule has 0 aliphatic heterocycles. The number of benzene rings is 2. The first-order chi connectivity index (χ1) is 9.93. The van der Waals surface area contributed by atoms with Gasteiger partial charge >= 0.3 is 0 Å². The SMILES string of the molecule is COc1c(F)cc([N+](=O)[O-])c(Nc2ccc(Br)cc2)c1F. The van der Waals surface area contributed by atoms with Crippen LogP contribution in [0.4, 0.5) is 25.8 Å². The van der Waals surface area contributed by atoms with E-state index >= 15 is 0 Å². The van der Waals surface area contributed by atoms with Crippen LogP contribution in [0.5, 0.6) is 5.75 Å². The second kappa shape index (κ2) is 6.04. The van der Waals surface area contributed by atoms with E-state index in [0.717, 1.165) is 11.6 Å². The van der Waals surface area contributed by atoms with E-state index in [9.17, 15) is 18.9 Å². The Morgan fingerprint density at radius 1 is 1.29 bits per heavy atom. The summed E-state index contributed by atoms with van der Waals surface area (Å²) in [5, 5.41) is 13.5. The summed E-state index contributed by atoms with van der Waals surface area (Å²) >= 11 is 3.24. The van der Waals surface area contributed by atoms with Gasteiger partial charge in [-0.25, -0.2) is 8.78 Å². The van der Waals surface area contributed by atoms with Gasteiger partial charge in [-0.3, -0.25) is 10.1 Å². The zero-order valence-electron chi connectivity index (χ0n) is 10.7. The van der Waals surface area contributed by atoms with Gasteiger partial charge in [-0.1, -0.05) is 15.9 Å². The predicted octanol–water partition coefficient (Wildman–Crippen LogP) is 4.39. The van der Waals surface area contributed by atoms with Crippen molar-refractivity contribution in [1.82, 2.24) is 0 Å². The number of nitro groups is 1. The summed E-state index contributed by atoms with van der Waals surface area (Å²) in [6.07, 6.45) is 0. The Kier molecular flexibility index (Phi) is 4.37. The zero-order chi connectivity index (χ0) is 15.6. The minimum Gasteiger partial charge on any atom is -0.491 e. The highest BCUT2D eigenvalue weighted by molar-refractivity contribution is 9.10. The second-order valence-electron chi connectivity index (χ2n) is 3.99. The standard InChI is InChI=1S/C13H9BrF2N2O3/c1-21-13-9(15)6-10(18(19)20)12(11(13)16)17-8-4-2-7(14)3-5-8/h2-6,17H,1H3. The molecule has 0 heterocycles. The van der Waals surface area contributed by atoms with Crippen LogP contribution < -0.4 is 10.1 Å². The van der Waals surface area contributed by atoms with E-state index in [-0.39, 0.29) is 0 Å². The van der Waals surface area contributed by atoms with E-state index in [1.165, 1.54) is 0 Å². The van der Waals surface area contributed by atoms with Crippen molar-refractivity contribution in [1.29, 1.82) is 0 Å². The third kappa shape index (κ3) is 3.10. The topological polar surface area (TPSA) is 64.4 Å². The van der Waals surface area contributed by atoms with E-state index < -0.39 is 33.7 Å². The average molecular weight is 359 g/mol. The molecule has 0 aliphatic carbocycles. The van der Waals surface area contributed by atoms with Crippen LogP contribution in [0.3, 0.4) is 0 Å². The summed E-state index contributed by atoms with van der Waals surface area (Å²) in [6.45, 7) is 0. The first-order valence-electron chi connectivity index (χ1n) is 5.67. The zero-order valence-corrected chi connectivity index (χ0v) is 12.3. The van der Waals surface area contributed by atoms with Gasteiger partial charge in [-0.2, -0.15) is 0 Å². The number of ether oxygens (including phenoxy) is 1. The van der Waals surface area contributed by atoms with Crippen LogP contribution in [-0.2, 0) is 0 Å². The largest absolute Gasteiger partial charge is 0.491 e. The van der Waals surface area contributed by atoms with Gasteiger partial charge in [0, 0.05) is 10.2 Å². The summed E-state index contributed by atoms with van der Waals surface area (Å²) < 4.78 is 33.1. The van der Waals surface area contributed by atoms with Crippen molar-refractivity contribution in [2.24, 2.45) is 0 Å². The Labute approximate surface area is 126 Å². The third-order valence-corrected chi connectivity index (χ3v) is 3.20. The van der Waals surface area contributed by atoms with Crippen LogP contribution in [0.1, 0.15) is 0 Å². The van der Waals surface area contributed by atoms with E-state index in [4.69, 9.17) is 0 Å². The molecule has 8 heteroatoms. The molecule has 0 bridgehead atoms. The van der Waals surface area contributed by atoms with Crippen LogP contribution in [0.2, 0.25) is 0 Å². The van der Waals surface area contributed by atoms with Gasteiger partial charge in [-0.05, 0) is 24.3 Å². The molecule has 2 rings (SSSR count). The maximum absolute atomic E-state index is 14.2. The fraction of sp³-hybridized carbons (Fsp3) is 0.0769. The summed E-state index contributed by atoms with van der Waals surface area (Å²) in [5.74, 6) is -2.98. The summed E-state index contributed by atoms with van der Waals surface area (Å²) in [7, 11) is 1.08. The molecule has 0 atom stereocenters. The van der Waals surface area contributed by atoms with Gasteiger partial charge < -0.3 is 10.1 Å². The van der Waals surface area contributed by atoms with E-state index in [1.807, 2.05) is 0 Å². The molecular weight excluding hydrogens is 350 g/mol. The normalized spacial score (nSPS) is 10.3. The van der Waals surface area contributed by atoms with Crippen LogP contribution in [0.25, 0.3) is 0 Å². The Morgan fingerprint density at radius 2 is 1.90 bits per heavy atom.